The lowest BCUT2D eigenvalue weighted by Crippen LogP contribution is -2.14. The van der Waals surface area contributed by atoms with Crippen LogP contribution in [0.2, 0.25) is 0 Å². The summed E-state index contributed by atoms with van der Waals surface area (Å²) in [4.78, 5) is 17.7. The molecule has 7 nitrogen and oxygen atoms in total. The maximum atomic E-state index is 13.1. The number of rotatable bonds is 6. The summed E-state index contributed by atoms with van der Waals surface area (Å²) in [5, 5.41) is 20.0. The molecule has 8 heteroatoms. The fourth-order valence-corrected chi connectivity index (χ4v) is 4.54. The van der Waals surface area contributed by atoms with Gasteiger partial charge in [-0.05, 0) is 66.3 Å². The van der Waals surface area contributed by atoms with Crippen LogP contribution in [0.25, 0.3) is 11.4 Å². The second kappa shape index (κ2) is 9.81. The number of thiazole rings is 1. The first kappa shape index (κ1) is 21.7. The Labute approximate surface area is 201 Å². The number of hydrogen-bond acceptors (Lipinski definition) is 6. The first-order chi connectivity index (χ1) is 16.7. The number of carbonyl (C=O) groups excluding carboxylic acids is 1. The summed E-state index contributed by atoms with van der Waals surface area (Å²) in [6.07, 6.45) is 6.05. The van der Waals surface area contributed by atoms with Gasteiger partial charge in [-0.3, -0.25) is 4.79 Å². The Balaban J connectivity index is 1.32. The molecule has 4 aromatic rings. The molecule has 1 aliphatic carbocycles. The number of benzene rings is 2. The molecular weight excluding hydrogens is 444 g/mol. The van der Waals surface area contributed by atoms with Crippen molar-refractivity contribution in [1.29, 1.82) is 0 Å². The number of aromatic amines is 1. The van der Waals surface area contributed by atoms with Crippen LogP contribution < -0.4 is 5.32 Å². The topological polar surface area (TPSA) is 96.5 Å². The van der Waals surface area contributed by atoms with Gasteiger partial charge in [-0.15, -0.1) is 28.1 Å². The average molecular weight is 467 g/mol. The lowest BCUT2D eigenvalue weighted by Gasteiger charge is -2.22. The van der Waals surface area contributed by atoms with Gasteiger partial charge in [-0.25, -0.2) is 4.98 Å². The number of aromatic nitrogens is 5. The van der Waals surface area contributed by atoms with Crippen molar-refractivity contribution >= 4 is 22.9 Å². The molecule has 0 spiro atoms. The molecular formula is C26H22N6OS. The minimum atomic E-state index is -0.202. The molecule has 2 aromatic heterocycles. The zero-order valence-electron chi connectivity index (χ0n) is 18.4. The molecule has 2 aromatic carbocycles. The largest absolute Gasteiger partial charge is 0.322 e. The van der Waals surface area contributed by atoms with Gasteiger partial charge >= 0.3 is 0 Å². The quantitative estimate of drug-likeness (QED) is 0.309. The Kier molecular flexibility index (Phi) is 6.27. The molecule has 34 heavy (non-hydrogen) atoms. The van der Waals surface area contributed by atoms with Crippen LogP contribution in [0.3, 0.4) is 0 Å². The van der Waals surface area contributed by atoms with Gasteiger partial charge in [0.2, 0.25) is 5.82 Å². The number of carbonyl (C=O) groups is 1. The predicted molar refractivity (Wildman–Crippen MR) is 133 cm³/mol. The summed E-state index contributed by atoms with van der Waals surface area (Å²) in [6, 6.07) is 13.0. The molecule has 0 radical (unpaired) electrons. The van der Waals surface area contributed by atoms with E-state index in [1.54, 1.807) is 29.5 Å². The maximum absolute atomic E-state index is 13.1. The van der Waals surface area contributed by atoms with Crippen molar-refractivity contribution in [3.05, 3.63) is 87.9 Å². The van der Waals surface area contributed by atoms with Crippen molar-refractivity contribution in [3.8, 4) is 23.2 Å². The number of nitrogens with one attached hydrogen (secondary N) is 2. The van der Waals surface area contributed by atoms with Crippen LogP contribution in [-0.4, -0.2) is 31.5 Å². The van der Waals surface area contributed by atoms with Crippen LogP contribution in [0.15, 0.2) is 60.5 Å². The average Bonchev–Trinajstić information content (AvgIpc) is 3.50. The lowest BCUT2D eigenvalue weighted by atomic mass is 9.83. The second-order valence-electron chi connectivity index (χ2n) is 8.09. The highest BCUT2D eigenvalue weighted by Gasteiger charge is 2.21. The zero-order valence-corrected chi connectivity index (χ0v) is 19.2. The van der Waals surface area contributed by atoms with E-state index in [0.717, 1.165) is 21.7 Å². The maximum Gasteiger partial charge on any atom is 0.255 e. The lowest BCUT2D eigenvalue weighted by molar-refractivity contribution is 0.102. The van der Waals surface area contributed by atoms with Crippen molar-refractivity contribution < 1.29 is 4.79 Å². The third-order valence-corrected chi connectivity index (χ3v) is 6.57. The summed E-state index contributed by atoms with van der Waals surface area (Å²) in [7, 11) is 0. The molecule has 1 amide bonds. The molecule has 0 saturated heterocycles. The number of anilines is 1. The fraction of sp³-hybridized carbons (Fsp3) is 0.192. The fourth-order valence-electron chi connectivity index (χ4n) is 3.80. The number of nitrogens with zero attached hydrogens (tertiary/aromatic N) is 4. The van der Waals surface area contributed by atoms with Crippen LogP contribution in [0.4, 0.5) is 5.69 Å². The Bertz CT molecular complexity index is 1390. The molecule has 1 aliphatic rings. The molecule has 0 atom stereocenters. The minimum Gasteiger partial charge on any atom is -0.322 e. The Morgan fingerprint density at radius 1 is 1.24 bits per heavy atom. The molecule has 2 heterocycles. The van der Waals surface area contributed by atoms with Crippen molar-refractivity contribution in [1.82, 2.24) is 25.6 Å². The van der Waals surface area contributed by atoms with E-state index in [2.05, 4.69) is 54.7 Å². The molecule has 0 unspecified atom stereocenters. The van der Waals surface area contributed by atoms with E-state index < -0.39 is 0 Å². The number of allylic oxidation sites excluding steroid dienone is 1. The molecule has 2 N–H and O–H groups in total. The standard InChI is InChI=1S/C26H22N6OS/c1-2-5-19-15-20(25-29-31-32-30-25)11-12-22(19)26(33)27-21-9-3-6-17(14-21)10-13-24-28-23(16-34-24)18-7-4-8-18/h2-3,6,9,11-12,14-16,18H,1,4-5,7-8H2,(H,27,33)(H,29,30,31,32). The van der Waals surface area contributed by atoms with Crippen LogP contribution in [-0.2, 0) is 6.42 Å². The van der Waals surface area contributed by atoms with Gasteiger partial charge in [0.1, 0.15) is 0 Å². The number of amides is 1. The van der Waals surface area contributed by atoms with Crippen molar-refractivity contribution in [2.45, 2.75) is 31.6 Å². The van der Waals surface area contributed by atoms with E-state index in [4.69, 9.17) is 0 Å². The van der Waals surface area contributed by atoms with Crippen LogP contribution in [0.5, 0.6) is 0 Å². The molecule has 168 valence electrons. The number of H-pyrrole nitrogens is 1. The Morgan fingerprint density at radius 3 is 2.91 bits per heavy atom. The van der Waals surface area contributed by atoms with Crippen LogP contribution in [0, 0.1) is 11.8 Å². The van der Waals surface area contributed by atoms with Gasteiger partial charge < -0.3 is 5.32 Å². The monoisotopic (exact) mass is 466 g/mol. The SMILES string of the molecule is C=CCc1cc(-c2nn[nH]n2)ccc1C(=O)Nc1cccc(C#Cc2nc(C3CCC3)cs2)c1. The van der Waals surface area contributed by atoms with E-state index in [9.17, 15) is 4.79 Å². The molecule has 0 bridgehead atoms. The summed E-state index contributed by atoms with van der Waals surface area (Å²) >= 11 is 1.59. The summed E-state index contributed by atoms with van der Waals surface area (Å²) < 4.78 is 0. The van der Waals surface area contributed by atoms with E-state index in [0.29, 0.717) is 29.4 Å². The van der Waals surface area contributed by atoms with Gasteiger partial charge in [0.25, 0.3) is 5.91 Å². The third kappa shape index (κ3) is 4.80. The third-order valence-electron chi connectivity index (χ3n) is 5.80. The van der Waals surface area contributed by atoms with Gasteiger partial charge in [0.15, 0.2) is 5.01 Å². The zero-order chi connectivity index (χ0) is 23.3. The van der Waals surface area contributed by atoms with Crippen LogP contribution >= 0.6 is 11.3 Å². The normalized spacial score (nSPS) is 12.9. The highest BCUT2D eigenvalue weighted by molar-refractivity contribution is 7.10. The van der Waals surface area contributed by atoms with Crippen molar-refractivity contribution in [2.75, 3.05) is 5.32 Å². The summed E-state index contributed by atoms with van der Waals surface area (Å²) in [5.41, 5.74) is 4.84. The Hall–Kier alpha value is -4.09. The molecule has 0 aliphatic heterocycles. The molecule has 5 rings (SSSR count). The van der Waals surface area contributed by atoms with Crippen LogP contribution in [0.1, 0.15) is 57.4 Å². The van der Waals surface area contributed by atoms with Crippen molar-refractivity contribution in [2.24, 2.45) is 0 Å². The second-order valence-corrected chi connectivity index (χ2v) is 8.95. The molecule has 1 saturated carbocycles. The summed E-state index contributed by atoms with van der Waals surface area (Å²) in [6.45, 7) is 3.81. The summed E-state index contributed by atoms with van der Waals surface area (Å²) in [5.74, 6) is 7.21. The van der Waals surface area contributed by atoms with E-state index in [1.807, 2.05) is 30.3 Å². The number of tetrazole rings is 1. The van der Waals surface area contributed by atoms with E-state index in [1.165, 1.54) is 25.0 Å². The predicted octanol–water partition coefficient (Wildman–Crippen LogP) is 4.97. The first-order valence-corrected chi connectivity index (χ1v) is 11.9. The van der Waals surface area contributed by atoms with Crippen molar-refractivity contribution in [3.63, 3.8) is 0 Å². The number of hydrogen-bond donors (Lipinski definition) is 2. The van der Waals surface area contributed by atoms with Gasteiger partial charge in [-0.1, -0.05) is 30.6 Å². The van der Waals surface area contributed by atoms with E-state index >= 15 is 0 Å². The minimum absolute atomic E-state index is 0.202. The van der Waals surface area contributed by atoms with E-state index in [-0.39, 0.29) is 5.91 Å². The van der Waals surface area contributed by atoms with Gasteiger partial charge in [-0.2, -0.15) is 5.21 Å². The molecule has 1 fully saturated rings. The highest BCUT2D eigenvalue weighted by atomic mass is 32.1. The van der Waals surface area contributed by atoms with Gasteiger partial charge in [0, 0.05) is 33.7 Å². The first-order valence-electron chi connectivity index (χ1n) is 11.1. The Morgan fingerprint density at radius 2 is 2.15 bits per heavy atom. The smallest absolute Gasteiger partial charge is 0.255 e. The van der Waals surface area contributed by atoms with Gasteiger partial charge in [0.05, 0.1) is 5.69 Å². The highest BCUT2D eigenvalue weighted by Crippen LogP contribution is 2.36.